The number of anilines is 1. The van der Waals surface area contributed by atoms with Crippen LogP contribution in [0.3, 0.4) is 0 Å². The van der Waals surface area contributed by atoms with E-state index in [1.54, 1.807) is 0 Å². The van der Waals surface area contributed by atoms with Gasteiger partial charge in [-0.15, -0.1) is 10.2 Å². The molecule has 1 N–H and O–H groups in total. The van der Waals surface area contributed by atoms with Gasteiger partial charge in [-0.1, -0.05) is 13.0 Å². The molecule has 94 valence electrons. The van der Waals surface area contributed by atoms with Crippen molar-refractivity contribution in [3.63, 3.8) is 0 Å². The van der Waals surface area contributed by atoms with Gasteiger partial charge in [0.15, 0.2) is 0 Å². The van der Waals surface area contributed by atoms with E-state index < -0.39 is 0 Å². The molecule has 1 fully saturated rings. The van der Waals surface area contributed by atoms with E-state index in [4.69, 9.17) is 4.42 Å². The third kappa shape index (κ3) is 2.37. The zero-order valence-electron chi connectivity index (χ0n) is 10.5. The Morgan fingerprint density at radius 2 is 2.33 bits per heavy atom. The van der Waals surface area contributed by atoms with Crippen molar-refractivity contribution in [1.82, 2.24) is 10.2 Å². The van der Waals surface area contributed by atoms with Crippen LogP contribution in [0.15, 0.2) is 35.1 Å². The molecule has 1 unspecified atom stereocenters. The zero-order chi connectivity index (χ0) is 12.4. The van der Waals surface area contributed by atoms with Crippen LogP contribution in [0.1, 0.15) is 26.2 Å². The van der Waals surface area contributed by atoms with Gasteiger partial charge >= 0.3 is 0 Å². The Bertz CT molecular complexity index is 506. The van der Waals surface area contributed by atoms with Gasteiger partial charge in [0, 0.05) is 17.3 Å². The Labute approximate surface area is 106 Å². The van der Waals surface area contributed by atoms with Crippen LogP contribution in [0.2, 0.25) is 0 Å². The monoisotopic (exact) mass is 243 g/mol. The highest BCUT2D eigenvalue weighted by Gasteiger charge is 2.29. The standard InChI is InChI=1S/C14H17N3O/c1-2-13(10-6-7-10)16-12-5-3-4-11(8-12)14-17-15-9-18-14/h3-5,8-10,13,16H,2,6-7H2,1H3. The molecule has 1 heterocycles. The fraction of sp³-hybridized carbons (Fsp3) is 0.429. The van der Waals surface area contributed by atoms with Gasteiger partial charge in [-0.05, 0) is 43.4 Å². The minimum Gasteiger partial charge on any atom is -0.423 e. The summed E-state index contributed by atoms with van der Waals surface area (Å²) in [5.74, 6) is 1.42. The van der Waals surface area contributed by atoms with Gasteiger partial charge in [-0.3, -0.25) is 0 Å². The second-order valence-electron chi connectivity index (χ2n) is 4.82. The summed E-state index contributed by atoms with van der Waals surface area (Å²) < 4.78 is 5.22. The number of nitrogens with zero attached hydrogens (tertiary/aromatic N) is 2. The van der Waals surface area contributed by atoms with Gasteiger partial charge in [0.25, 0.3) is 0 Å². The number of hydrogen-bond donors (Lipinski definition) is 1. The smallest absolute Gasteiger partial charge is 0.247 e. The molecule has 0 amide bonds. The number of hydrogen-bond acceptors (Lipinski definition) is 4. The minimum atomic E-state index is 0.568. The van der Waals surface area contributed by atoms with E-state index in [1.165, 1.54) is 19.2 Å². The molecule has 1 aliphatic carbocycles. The molecule has 1 atom stereocenters. The first-order valence-corrected chi connectivity index (χ1v) is 6.50. The molecule has 2 aromatic rings. The Hall–Kier alpha value is -1.84. The molecule has 3 rings (SSSR count). The molecule has 18 heavy (non-hydrogen) atoms. The molecule has 1 aromatic carbocycles. The van der Waals surface area contributed by atoms with E-state index in [2.05, 4.69) is 34.6 Å². The van der Waals surface area contributed by atoms with E-state index in [-0.39, 0.29) is 0 Å². The fourth-order valence-corrected chi connectivity index (χ4v) is 2.31. The van der Waals surface area contributed by atoms with Gasteiger partial charge < -0.3 is 9.73 Å². The van der Waals surface area contributed by atoms with E-state index in [9.17, 15) is 0 Å². The Morgan fingerprint density at radius 1 is 1.44 bits per heavy atom. The summed E-state index contributed by atoms with van der Waals surface area (Å²) in [7, 11) is 0. The first-order chi connectivity index (χ1) is 8.86. The minimum absolute atomic E-state index is 0.568. The second kappa shape index (κ2) is 4.80. The summed E-state index contributed by atoms with van der Waals surface area (Å²) in [6.45, 7) is 2.23. The normalized spacial score (nSPS) is 16.5. The number of rotatable bonds is 5. The third-order valence-corrected chi connectivity index (χ3v) is 3.45. The number of benzene rings is 1. The highest BCUT2D eigenvalue weighted by atomic mass is 16.4. The zero-order valence-corrected chi connectivity index (χ0v) is 10.5. The van der Waals surface area contributed by atoms with Crippen molar-refractivity contribution in [1.29, 1.82) is 0 Å². The maximum Gasteiger partial charge on any atom is 0.247 e. The lowest BCUT2D eigenvalue weighted by Crippen LogP contribution is -2.20. The quantitative estimate of drug-likeness (QED) is 0.875. The average molecular weight is 243 g/mol. The average Bonchev–Trinajstić information content (AvgIpc) is 3.10. The van der Waals surface area contributed by atoms with Crippen molar-refractivity contribution in [3.8, 4) is 11.5 Å². The van der Waals surface area contributed by atoms with Gasteiger partial charge in [-0.2, -0.15) is 0 Å². The van der Waals surface area contributed by atoms with Crippen molar-refractivity contribution >= 4 is 5.69 Å². The van der Waals surface area contributed by atoms with Crippen LogP contribution >= 0.6 is 0 Å². The number of nitrogens with one attached hydrogen (secondary N) is 1. The predicted molar refractivity (Wildman–Crippen MR) is 70.2 cm³/mol. The van der Waals surface area contributed by atoms with Gasteiger partial charge in [0.2, 0.25) is 12.3 Å². The molecule has 1 saturated carbocycles. The van der Waals surface area contributed by atoms with Crippen LogP contribution in [0, 0.1) is 5.92 Å². The van der Waals surface area contributed by atoms with Crippen molar-refractivity contribution in [3.05, 3.63) is 30.7 Å². The van der Waals surface area contributed by atoms with Crippen molar-refractivity contribution < 1.29 is 4.42 Å². The van der Waals surface area contributed by atoms with E-state index >= 15 is 0 Å². The second-order valence-corrected chi connectivity index (χ2v) is 4.82. The maximum absolute atomic E-state index is 5.22. The van der Waals surface area contributed by atoms with Gasteiger partial charge in [-0.25, -0.2) is 0 Å². The lowest BCUT2D eigenvalue weighted by atomic mass is 10.1. The van der Waals surface area contributed by atoms with Crippen LogP contribution in [-0.2, 0) is 0 Å². The highest BCUT2D eigenvalue weighted by molar-refractivity contribution is 5.61. The van der Waals surface area contributed by atoms with Gasteiger partial charge in [0.05, 0.1) is 0 Å². The van der Waals surface area contributed by atoms with Crippen molar-refractivity contribution in [2.75, 3.05) is 5.32 Å². The molecular weight excluding hydrogens is 226 g/mol. The SMILES string of the molecule is CCC(Nc1cccc(-c2nnco2)c1)C1CC1. The van der Waals surface area contributed by atoms with Crippen LogP contribution < -0.4 is 5.32 Å². The highest BCUT2D eigenvalue weighted by Crippen LogP contribution is 2.35. The summed E-state index contributed by atoms with van der Waals surface area (Å²) in [6, 6.07) is 8.74. The van der Waals surface area contributed by atoms with E-state index in [0.29, 0.717) is 11.9 Å². The van der Waals surface area contributed by atoms with Crippen LogP contribution in [-0.4, -0.2) is 16.2 Å². The predicted octanol–water partition coefficient (Wildman–Crippen LogP) is 3.34. The lowest BCUT2D eigenvalue weighted by Gasteiger charge is -2.17. The fourth-order valence-electron chi connectivity index (χ4n) is 2.31. The Balaban J connectivity index is 1.78. The van der Waals surface area contributed by atoms with Crippen LogP contribution in [0.5, 0.6) is 0 Å². The van der Waals surface area contributed by atoms with Gasteiger partial charge in [0.1, 0.15) is 0 Å². The molecule has 0 spiro atoms. The summed E-state index contributed by atoms with van der Waals surface area (Å²) in [5, 5.41) is 11.2. The molecule has 4 nitrogen and oxygen atoms in total. The lowest BCUT2D eigenvalue weighted by molar-refractivity contribution is 0.568. The Kier molecular flexibility index (Phi) is 3.00. The summed E-state index contributed by atoms with van der Waals surface area (Å²) >= 11 is 0. The molecule has 1 aromatic heterocycles. The molecular formula is C14H17N3O. The molecule has 1 aliphatic rings. The third-order valence-electron chi connectivity index (χ3n) is 3.45. The first-order valence-electron chi connectivity index (χ1n) is 6.50. The maximum atomic E-state index is 5.22. The molecule has 4 heteroatoms. The summed E-state index contributed by atoms with van der Waals surface area (Å²) in [4.78, 5) is 0. The van der Waals surface area contributed by atoms with Crippen LogP contribution in [0.4, 0.5) is 5.69 Å². The summed E-state index contributed by atoms with van der Waals surface area (Å²) in [5.41, 5.74) is 2.09. The topological polar surface area (TPSA) is 51.0 Å². The van der Waals surface area contributed by atoms with E-state index in [1.807, 2.05) is 12.1 Å². The summed E-state index contributed by atoms with van der Waals surface area (Å²) in [6.07, 6.45) is 5.23. The van der Waals surface area contributed by atoms with Crippen molar-refractivity contribution in [2.45, 2.75) is 32.2 Å². The van der Waals surface area contributed by atoms with E-state index in [0.717, 1.165) is 23.6 Å². The molecule has 0 saturated heterocycles. The largest absolute Gasteiger partial charge is 0.423 e. The number of aromatic nitrogens is 2. The molecule has 0 bridgehead atoms. The van der Waals surface area contributed by atoms with Crippen LogP contribution in [0.25, 0.3) is 11.5 Å². The molecule has 0 aliphatic heterocycles. The molecule has 0 radical (unpaired) electrons. The Morgan fingerprint density at radius 3 is 3.00 bits per heavy atom. The first kappa shape index (κ1) is 11.3. The van der Waals surface area contributed by atoms with Crippen molar-refractivity contribution in [2.24, 2.45) is 5.92 Å².